The number of phenolic OH excluding ortho intramolecular Hbond substituents is 1. The van der Waals surface area contributed by atoms with Crippen molar-refractivity contribution in [3.63, 3.8) is 0 Å². The van der Waals surface area contributed by atoms with Gasteiger partial charge in [-0.25, -0.2) is 4.79 Å². The summed E-state index contributed by atoms with van der Waals surface area (Å²) in [6.07, 6.45) is 1.76. The van der Waals surface area contributed by atoms with Crippen LogP contribution < -0.4 is 10.6 Å². The third kappa shape index (κ3) is 7.15. The number of amides is 3. The molecule has 0 saturated heterocycles. The SMILES string of the molecule is CC(C)(C)NC(=O)C(c1ccccc1O)N(C(=O)CNC(=O)OC(C)(C)C)C1CCC1. The molecule has 0 spiro atoms. The Morgan fingerprint density at radius 3 is 2.23 bits per heavy atom. The molecule has 1 aromatic rings. The van der Waals surface area contributed by atoms with Gasteiger partial charge in [0.2, 0.25) is 11.8 Å². The van der Waals surface area contributed by atoms with Gasteiger partial charge in [-0.05, 0) is 66.9 Å². The van der Waals surface area contributed by atoms with E-state index >= 15 is 0 Å². The van der Waals surface area contributed by atoms with Crippen LogP contribution in [-0.2, 0) is 14.3 Å². The maximum absolute atomic E-state index is 13.3. The fraction of sp³-hybridized carbons (Fsp3) is 0.609. The van der Waals surface area contributed by atoms with Crippen LogP contribution in [0.5, 0.6) is 5.75 Å². The van der Waals surface area contributed by atoms with Crippen molar-refractivity contribution >= 4 is 17.9 Å². The second-order valence-electron chi connectivity index (χ2n) is 9.94. The Hall–Kier alpha value is -2.77. The number of aromatic hydroxyl groups is 1. The summed E-state index contributed by atoms with van der Waals surface area (Å²) in [5, 5.41) is 15.9. The first-order valence-electron chi connectivity index (χ1n) is 10.7. The fourth-order valence-electron chi connectivity index (χ4n) is 3.35. The van der Waals surface area contributed by atoms with Gasteiger partial charge in [0.05, 0.1) is 0 Å². The summed E-state index contributed by atoms with van der Waals surface area (Å²) in [5.41, 5.74) is -0.865. The highest BCUT2D eigenvalue weighted by atomic mass is 16.6. The Balaban J connectivity index is 2.33. The second-order valence-corrected chi connectivity index (χ2v) is 9.94. The van der Waals surface area contributed by atoms with Gasteiger partial charge in [0, 0.05) is 17.1 Å². The van der Waals surface area contributed by atoms with Crippen LogP contribution in [0.1, 0.15) is 72.4 Å². The molecule has 31 heavy (non-hydrogen) atoms. The van der Waals surface area contributed by atoms with Gasteiger partial charge < -0.3 is 25.4 Å². The number of nitrogens with one attached hydrogen (secondary N) is 2. The molecule has 1 aromatic carbocycles. The normalized spacial score (nSPS) is 15.4. The number of carbonyl (C=O) groups excluding carboxylic acids is 3. The van der Waals surface area contributed by atoms with Crippen molar-refractivity contribution in [3.05, 3.63) is 29.8 Å². The zero-order valence-electron chi connectivity index (χ0n) is 19.3. The van der Waals surface area contributed by atoms with E-state index in [1.807, 2.05) is 20.8 Å². The Morgan fingerprint density at radius 2 is 1.74 bits per heavy atom. The number of carbonyl (C=O) groups is 3. The second kappa shape index (κ2) is 9.58. The predicted molar refractivity (Wildman–Crippen MR) is 117 cm³/mol. The van der Waals surface area contributed by atoms with E-state index in [-0.39, 0.29) is 24.2 Å². The number of rotatable bonds is 6. The molecule has 0 heterocycles. The van der Waals surface area contributed by atoms with Crippen LogP contribution in [0.2, 0.25) is 0 Å². The van der Waals surface area contributed by atoms with Crippen LogP contribution in [-0.4, -0.2) is 51.6 Å². The minimum Gasteiger partial charge on any atom is -0.508 e. The van der Waals surface area contributed by atoms with E-state index in [9.17, 15) is 19.5 Å². The Kier molecular flexibility index (Phi) is 7.57. The average molecular weight is 434 g/mol. The minimum atomic E-state index is -1.02. The molecule has 8 nitrogen and oxygen atoms in total. The zero-order chi connectivity index (χ0) is 23.4. The van der Waals surface area contributed by atoms with Crippen molar-refractivity contribution in [2.24, 2.45) is 0 Å². The molecular formula is C23H35N3O5. The van der Waals surface area contributed by atoms with Crippen LogP contribution >= 0.6 is 0 Å². The van der Waals surface area contributed by atoms with Crippen LogP contribution in [0.3, 0.4) is 0 Å². The number of phenols is 1. The monoisotopic (exact) mass is 433 g/mol. The van der Waals surface area contributed by atoms with E-state index in [4.69, 9.17) is 4.74 Å². The Bertz CT molecular complexity index is 806. The molecule has 0 aliphatic heterocycles. The first-order chi connectivity index (χ1) is 14.3. The van der Waals surface area contributed by atoms with Gasteiger partial charge in [-0.2, -0.15) is 0 Å². The standard InChI is InChI=1S/C23H35N3O5/c1-22(2,3)25-20(29)19(16-12-7-8-13-17(16)27)26(15-10-9-11-15)18(28)14-24-21(30)31-23(4,5)6/h7-8,12-13,15,19,27H,9-11,14H2,1-6H3,(H,24,30)(H,25,29). The largest absolute Gasteiger partial charge is 0.508 e. The average Bonchev–Trinajstić information content (AvgIpc) is 2.56. The summed E-state index contributed by atoms with van der Waals surface area (Å²) in [5.74, 6) is -0.854. The van der Waals surface area contributed by atoms with Gasteiger partial charge in [-0.1, -0.05) is 18.2 Å². The van der Waals surface area contributed by atoms with Gasteiger partial charge in [-0.3, -0.25) is 9.59 Å². The Labute approximate surface area is 184 Å². The van der Waals surface area contributed by atoms with Gasteiger partial charge in [0.15, 0.2) is 0 Å². The molecule has 1 aliphatic carbocycles. The number of benzene rings is 1. The Morgan fingerprint density at radius 1 is 1.13 bits per heavy atom. The van der Waals surface area contributed by atoms with Crippen LogP contribution in [0, 0.1) is 0 Å². The number of nitrogens with zero attached hydrogens (tertiary/aromatic N) is 1. The molecule has 172 valence electrons. The summed E-state index contributed by atoms with van der Waals surface area (Å²) in [6.45, 7) is 10.5. The smallest absolute Gasteiger partial charge is 0.408 e. The van der Waals surface area contributed by atoms with Gasteiger partial charge in [0.25, 0.3) is 0 Å². The van der Waals surface area contributed by atoms with Crippen molar-refractivity contribution in [1.29, 1.82) is 0 Å². The molecule has 0 aromatic heterocycles. The summed E-state index contributed by atoms with van der Waals surface area (Å²) >= 11 is 0. The maximum Gasteiger partial charge on any atom is 0.408 e. The van der Waals surface area contributed by atoms with Crippen molar-refractivity contribution in [3.8, 4) is 5.75 Å². The quantitative estimate of drug-likeness (QED) is 0.638. The highest BCUT2D eigenvalue weighted by Gasteiger charge is 2.40. The van der Waals surface area contributed by atoms with Gasteiger partial charge >= 0.3 is 6.09 Å². The molecule has 1 saturated carbocycles. The van der Waals surface area contributed by atoms with Gasteiger partial charge in [0.1, 0.15) is 23.9 Å². The number of hydrogen-bond donors (Lipinski definition) is 3. The molecule has 3 amide bonds. The first kappa shape index (κ1) is 24.5. The lowest BCUT2D eigenvalue weighted by Gasteiger charge is -2.43. The van der Waals surface area contributed by atoms with E-state index < -0.39 is 29.2 Å². The van der Waals surface area contributed by atoms with E-state index in [2.05, 4.69) is 10.6 Å². The van der Waals surface area contributed by atoms with Crippen LogP contribution in [0.25, 0.3) is 0 Å². The number of ether oxygens (including phenoxy) is 1. The summed E-state index contributed by atoms with van der Waals surface area (Å²) in [4.78, 5) is 40.1. The number of hydrogen-bond acceptors (Lipinski definition) is 5. The van der Waals surface area contributed by atoms with E-state index in [1.54, 1.807) is 39.0 Å². The molecule has 0 bridgehead atoms. The minimum absolute atomic E-state index is 0.0613. The van der Waals surface area contributed by atoms with Crippen LogP contribution in [0.4, 0.5) is 4.79 Å². The highest BCUT2D eigenvalue weighted by molar-refractivity contribution is 5.91. The zero-order valence-corrected chi connectivity index (χ0v) is 19.3. The first-order valence-corrected chi connectivity index (χ1v) is 10.7. The summed E-state index contributed by atoms with van der Waals surface area (Å²) < 4.78 is 5.21. The lowest BCUT2D eigenvalue weighted by Crippen LogP contribution is -2.55. The molecular weight excluding hydrogens is 398 g/mol. The van der Waals surface area contributed by atoms with Crippen LogP contribution in [0.15, 0.2) is 24.3 Å². The molecule has 1 unspecified atom stereocenters. The third-order valence-electron chi connectivity index (χ3n) is 4.79. The molecule has 1 atom stereocenters. The molecule has 1 aliphatic rings. The summed E-state index contributed by atoms with van der Waals surface area (Å²) in [6, 6.07) is 5.35. The lowest BCUT2D eigenvalue weighted by atomic mass is 9.88. The van der Waals surface area contributed by atoms with E-state index in [0.717, 1.165) is 19.3 Å². The number of alkyl carbamates (subject to hydrolysis) is 1. The molecule has 1 fully saturated rings. The van der Waals surface area contributed by atoms with Crippen molar-refractivity contribution in [1.82, 2.24) is 15.5 Å². The van der Waals surface area contributed by atoms with E-state index in [0.29, 0.717) is 5.56 Å². The molecule has 2 rings (SSSR count). The maximum atomic E-state index is 13.3. The number of para-hydroxylation sites is 1. The fourth-order valence-corrected chi connectivity index (χ4v) is 3.35. The predicted octanol–water partition coefficient (Wildman–Crippen LogP) is 3.25. The topological polar surface area (TPSA) is 108 Å². The molecule has 3 N–H and O–H groups in total. The van der Waals surface area contributed by atoms with Crippen molar-refractivity contribution in [2.75, 3.05) is 6.54 Å². The van der Waals surface area contributed by atoms with Gasteiger partial charge in [-0.15, -0.1) is 0 Å². The summed E-state index contributed by atoms with van der Waals surface area (Å²) in [7, 11) is 0. The third-order valence-corrected chi connectivity index (χ3v) is 4.79. The lowest BCUT2D eigenvalue weighted by molar-refractivity contribution is -0.145. The molecule has 8 heteroatoms. The van der Waals surface area contributed by atoms with Crippen molar-refractivity contribution in [2.45, 2.75) is 84.0 Å². The highest BCUT2D eigenvalue weighted by Crippen LogP contribution is 2.36. The van der Waals surface area contributed by atoms with Crippen molar-refractivity contribution < 1.29 is 24.2 Å². The molecule has 0 radical (unpaired) electrons. The van der Waals surface area contributed by atoms with E-state index in [1.165, 1.54) is 11.0 Å².